The van der Waals surface area contributed by atoms with E-state index in [4.69, 9.17) is 30.0 Å². The summed E-state index contributed by atoms with van der Waals surface area (Å²) in [6.45, 7) is -0.0681. The summed E-state index contributed by atoms with van der Waals surface area (Å²) in [6, 6.07) is 4.91. The van der Waals surface area contributed by atoms with Gasteiger partial charge in [-0.3, -0.25) is 9.71 Å². The molecule has 3 unspecified atom stereocenters. The fraction of sp³-hybridized carbons (Fsp3) is 0.385. The van der Waals surface area contributed by atoms with Gasteiger partial charge in [-0.15, -0.1) is 0 Å². The van der Waals surface area contributed by atoms with Crippen LogP contribution in [0.3, 0.4) is 0 Å². The molecule has 216 valence electrons. The van der Waals surface area contributed by atoms with Crippen LogP contribution in [0.25, 0.3) is 0 Å². The number of hydrogen-bond donors (Lipinski definition) is 4. The lowest BCUT2D eigenvalue weighted by Gasteiger charge is -2.31. The number of allylic oxidation sites excluding steroid dienone is 3. The number of nitrogens with one attached hydrogen (secondary N) is 2. The second kappa shape index (κ2) is 13.3. The molecule has 1 aromatic rings. The normalized spacial score (nSPS) is 21.3. The number of aliphatic imine (C=N–C) groups is 2. The van der Waals surface area contributed by atoms with Crippen molar-refractivity contribution in [1.29, 1.82) is 0 Å². The highest BCUT2D eigenvalue weighted by Crippen LogP contribution is 2.28. The van der Waals surface area contributed by atoms with Crippen molar-refractivity contribution in [1.82, 2.24) is 10.0 Å². The van der Waals surface area contributed by atoms with E-state index < -0.39 is 27.2 Å². The highest BCUT2D eigenvalue weighted by molar-refractivity contribution is 7.91. The summed E-state index contributed by atoms with van der Waals surface area (Å²) in [5.41, 5.74) is 6.84. The van der Waals surface area contributed by atoms with E-state index in [0.29, 0.717) is 41.5 Å². The molecule has 3 aliphatic rings. The molecule has 0 spiro atoms. The number of ether oxygens (including phenoxy) is 3. The van der Waals surface area contributed by atoms with Crippen molar-refractivity contribution in [3.63, 3.8) is 0 Å². The third kappa shape index (κ3) is 7.18. The lowest BCUT2D eigenvalue weighted by molar-refractivity contribution is 0.157. The number of nitrogens with two attached hydrogens (primary N) is 1. The van der Waals surface area contributed by atoms with Gasteiger partial charge in [0.25, 0.3) is 10.0 Å². The number of sulfonamides is 1. The monoisotopic (exact) mass is 591 g/mol. The number of aliphatic hydroxyl groups excluding tert-OH is 1. The van der Waals surface area contributed by atoms with Crippen LogP contribution in [0.2, 0.25) is 0 Å². The minimum absolute atomic E-state index is 0.0253. The Morgan fingerprint density at radius 2 is 1.95 bits per heavy atom. The topological polar surface area (TPSA) is 180 Å². The van der Waals surface area contributed by atoms with Crippen molar-refractivity contribution in [3.8, 4) is 0 Å². The van der Waals surface area contributed by atoms with E-state index in [1.165, 1.54) is 38.5 Å². The zero-order valence-corrected chi connectivity index (χ0v) is 23.8. The number of aliphatic hydroxyl groups is 1. The molecule has 1 aliphatic heterocycles. The second-order valence-corrected chi connectivity index (χ2v) is 12.3. The van der Waals surface area contributed by atoms with Crippen molar-refractivity contribution in [2.24, 2.45) is 9.98 Å². The Bertz CT molecular complexity index is 1370. The van der Waals surface area contributed by atoms with Crippen LogP contribution in [0.4, 0.5) is 5.69 Å². The molecule has 0 bridgehead atoms. The summed E-state index contributed by atoms with van der Waals surface area (Å²) in [5.74, 6) is 2.01. The molecule has 0 radical (unpaired) electrons. The highest BCUT2D eigenvalue weighted by Gasteiger charge is 2.33. The molecule has 5 N–H and O–H groups in total. The molecule has 1 aromatic carbocycles. The maximum Gasteiger partial charge on any atom is 0.263 e. The SMILES string of the molecule is COC1=CC(OC)=C(OCC[S+]([O-])CCO)C(NC2=NC3=CC=CCC3N=C2NS(=O)(=O)c2ccc(N)cc2)C1. The van der Waals surface area contributed by atoms with E-state index >= 15 is 0 Å². The van der Waals surface area contributed by atoms with Crippen LogP contribution < -0.4 is 15.8 Å². The molecule has 0 amide bonds. The van der Waals surface area contributed by atoms with Gasteiger partial charge < -0.3 is 34.9 Å². The first-order chi connectivity index (χ1) is 19.2. The van der Waals surface area contributed by atoms with Crippen molar-refractivity contribution in [2.45, 2.75) is 29.8 Å². The minimum atomic E-state index is -4.01. The van der Waals surface area contributed by atoms with Gasteiger partial charge in [0, 0.05) is 18.2 Å². The summed E-state index contributed by atoms with van der Waals surface area (Å²) in [5, 5.41) is 12.3. The van der Waals surface area contributed by atoms with E-state index in [2.05, 4.69) is 15.0 Å². The standard InChI is InChI=1S/C26H33N5O7S2/c1-36-18-15-22(24(23(16-18)37-2)38-12-14-39(33)13-11-32)30-25-26(29-21-6-4-3-5-20(21)28-25)31-40(34,35)19-9-7-17(27)8-10-19/h3-5,7-10,16,21-22,32H,6,11-15,27H2,1-2H3,(H,28,30)(H,29,31). The lowest BCUT2D eigenvalue weighted by atomic mass is 10.0. The molecule has 1 heterocycles. The number of nitrogen functional groups attached to an aromatic ring is 1. The van der Waals surface area contributed by atoms with Crippen molar-refractivity contribution in [2.75, 3.05) is 44.7 Å². The minimum Gasteiger partial charge on any atom is -0.616 e. The smallest absolute Gasteiger partial charge is 0.263 e. The van der Waals surface area contributed by atoms with Gasteiger partial charge in [0.05, 0.1) is 43.5 Å². The summed E-state index contributed by atoms with van der Waals surface area (Å²) in [6.07, 6.45) is 8.25. The van der Waals surface area contributed by atoms with Gasteiger partial charge >= 0.3 is 0 Å². The number of benzene rings is 1. The number of amidine groups is 2. The van der Waals surface area contributed by atoms with Crippen LogP contribution in [-0.2, 0) is 35.4 Å². The number of nitrogens with zero attached hydrogens (tertiary/aromatic N) is 2. The molecule has 0 aromatic heterocycles. The highest BCUT2D eigenvalue weighted by atomic mass is 32.2. The Morgan fingerprint density at radius 1 is 1.18 bits per heavy atom. The van der Waals surface area contributed by atoms with Crippen LogP contribution >= 0.6 is 0 Å². The Morgan fingerprint density at radius 3 is 2.65 bits per heavy atom. The van der Waals surface area contributed by atoms with Crippen LogP contribution in [0.15, 0.2) is 86.4 Å². The summed E-state index contributed by atoms with van der Waals surface area (Å²) < 4.78 is 58.2. The van der Waals surface area contributed by atoms with Crippen LogP contribution in [0, 0.1) is 0 Å². The summed E-state index contributed by atoms with van der Waals surface area (Å²) in [7, 11) is -0.987. The van der Waals surface area contributed by atoms with Gasteiger partial charge in [-0.2, -0.15) is 0 Å². The zero-order valence-electron chi connectivity index (χ0n) is 22.2. The third-order valence-electron chi connectivity index (χ3n) is 6.21. The maximum absolute atomic E-state index is 13.3. The molecule has 40 heavy (non-hydrogen) atoms. The maximum atomic E-state index is 13.3. The molecular formula is C26H33N5O7S2. The molecule has 3 atom stereocenters. The van der Waals surface area contributed by atoms with Crippen LogP contribution in [0.1, 0.15) is 12.8 Å². The molecule has 4 rings (SSSR count). The molecule has 14 heteroatoms. The van der Waals surface area contributed by atoms with Crippen LogP contribution in [0.5, 0.6) is 0 Å². The summed E-state index contributed by atoms with van der Waals surface area (Å²) >= 11 is -1.25. The molecular weight excluding hydrogens is 558 g/mol. The average Bonchev–Trinajstić information content (AvgIpc) is 2.94. The molecule has 2 aliphatic carbocycles. The van der Waals surface area contributed by atoms with E-state index in [0.717, 1.165) is 0 Å². The number of methoxy groups -OCH3 is 2. The van der Waals surface area contributed by atoms with Gasteiger partial charge in [0.15, 0.2) is 23.2 Å². The predicted octanol–water partition coefficient (Wildman–Crippen LogP) is 1.08. The Labute approximate surface area is 236 Å². The quantitative estimate of drug-likeness (QED) is 0.216. The van der Waals surface area contributed by atoms with E-state index in [9.17, 15) is 13.0 Å². The summed E-state index contributed by atoms with van der Waals surface area (Å²) in [4.78, 5) is 9.43. The largest absolute Gasteiger partial charge is 0.616 e. The average molecular weight is 592 g/mol. The first-order valence-corrected chi connectivity index (χ1v) is 15.5. The molecule has 0 saturated carbocycles. The number of anilines is 1. The van der Waals surface area contributed by atoms with E-state index in [1.54, 1.807) is 6.08 Å². The fourth-order valence-corrected chi connectivity index (χ4v) is 5.88. The second-order valence-electron chi connectivity index (χ2n) is 8.95. The predicted molar refractivity (Wildman–Crippen MR) is 153 cm³/mol. The van der Waals surface area contributed by atoms with Gasteiger partial charge in [-0.25, -0.2) is 13.4 Å². The number of hydrogen-bond acceptors (Lipinski definition) is 11. The lowest BCUT2D eigenvalue weighted by Crippen LogP contribution is -2.50. The first-order valence-electron chi connectivity index (χ1n) is 12.5. The van der Waals surface area contributed by atoms with Gasteiger partial charge in [0.2, 0.25) is 0 Å². The molecule has 12 nitrogen and oxygen atoms in total. The van der Waals surface area contributed by atoms with E-state index in [1.807, 2.05) is 18.2 Å². The van der Waals surface area contributed by atoms with Crippen LogP contribution in [-0.4, -0.2) is 80.8 Å². The third-order valence-corrected chi connectivity index (χ3v) is 8.83. The number of rotatable bonds is 11. The van der Waals surface area contributed by atoms with Crippen molar-refractivity contribution >= 4 is 38.6 Å². The first kappa shape index (κ1) is 29.5. The van der Waals surface area contributed by atoms with Gasteiger partial charge in [-0.1, -0.05) is 12.2 Å². The Kier molecular flexibility index (Phi) is 9.79. The fourth-order valence-electron chi connectivity index (χ4n) is 4.19. The molecule has 0 saturated heterocycles. The van der Waals surface area contributed by atoms with Gasteiger partial charge in [0.1, 0.15) is 23.9 Å². The van der Waals surface area contributed by atoms with Crippen molar-refractivity contribution < 1.29 is 32.3 Å². The Hall–Kier alpha value is -3.46. The number of fused-ring (bicyclic) bond motifs is 1. The van der Waals surface area contributed by atoms with E-state index in [-0.39, 0.29) is 47.3 Å². The van der Waals surface area contributed by atoms with Gasteiger partial charge in [-0.05, 0) is 47.9 Å². The zero-order chi connectivity index (χ0) is 28.7. The van der Waals surface area contributed by atoms with Crippen molar-refractivity contribution in [3.05, 3.63) is 71.5 Å². The molecule has 0 fully saturated rings. The Balaban J connectivity index is 1.63.